The Hall–Kier alpha value is -2.00. The van der Waals surface area contributed by atoms with E-state index in [1.807, 2.05) is 0 Å². The van der Waals surface area contributed by atoms with Crippen molar-refractivity contribution in [2.24, 2.45) is 0 Å². The van der Waals surface area contributed by atoms with Crippen LogP contribution in [-0.2, 0) is 0 Å². The molecular weight excluding hydrogens is 302 g/mol. The van der Waals surface area contributed by atoms with Crippen LogP contribution >= 0.6 is 23.1 Å². The predicted molar refractivity (Wildman–Crippen MR) is 73.6 cm³/mol. The van der Waals surface area contributed by atoms with Crippen LogP contribution in [0.4, 0.5) is 5.69 Å². The van der Waals surface area contributed by atoms with Gasteiger partial charge in [-0.05, 0) is 31.2 Å². The predicted octanol–water partition coefficient (Wildman–Crippen LogP) is 2.91. The second-order valence-electron chi connectivity index (χ2n) is 3.90. The van der Waals surface area contributed by atoms with Gasteiger partial charge in [0.2, 0.25) is 0 Å². The van der Waals surface area contributed by atoms with E-state index in [0.29, 0.717) is 15.6 Å². The van der Waals surface area contributed by atoms with E-state index in [1.165, 1.54) is 12.3 Å². The van der Waals surface area contributed by atoms with Crippen molar-refractivity contribution in [1.29, 1.82) is 0 Å². The average Bonchev–Trinajstić information content (AvgIpc) is 2.72. The number of hydrogen-bond acceptors (Lipinski definition) is 7. The second-order valence-corrected chi connectivity index (χ2v) is 6.13. The smallest absolute Gasteiger partial charge is 0.347 e. The molecule has 20 heavy (non-hydrogen) atoms. The Morgan fingerprint density at radius 2 is 2.20 bits per heavy atom. The molecule has 1 N–H and O–H groups in total. The van der Waals surface area contributed by atoms with Crippen LogP contribution in [0.15, 0.2) is 21.6 Å². The number of carbonyl (C=O) groups is 1. The van der Waals surface area contributed by atoms with Crippen LogP contribution in [-0.4, -0.2) is 26.0 Å². The minimum absolute atomic E-state index is 0.111. The van der Waals surface area contributed by atoms with Gasteiger partial charge in [-0.3, -0.25) is 10.1 Å². The van der Waals surface area contributed by atoms with E-state index in [1.54, 1.807) is 13.8 Å². The maximum absolute atomic E-state index is 11.0. The zero-order valence-corrected chi connectivity index (χ0v) is 12.1. The van der Waals surface area contributed by atoms with Crippen molar-refractivity contribution in [3.63, 3.8) is 0 Å². The zero-order chi connectivity index (χ0) is 14.9. The van der Waals surface area contributed by atoms with Crippen LogP contribution in [0.2, 0.25) is 0 Å². The lowest BCUT2D eigenvalue weighted by atomic mass is 10.3. The summed E-state index contributed by atoms with van der Waals surface area (Å²) in [5.74, 6) is -1.06. The van der Waals surface area contributed by atoms with Crippen molar-refractivity contribution in [2.75, 3.05) is 0 Å². The zero-order valence-electron chi connectivity index (χ0n) is 10.5. The summed E-state index contributed by atoms with van der Waals surface area (Å²) in [5, 5.41) is 20.1. The molecule has 0 bridgehead atoms. The van der Waals surface area contributed by atoms with Crippen LogP contribution in [0.1, 0.15) is 20.9 Å². The van der Waals surface area contributed by atoms with Gasteiger partial charge in [-0.25, -0.2) is 14.8 Å². The van der Waals surface area contributed by atoms with E-state index in [0.717, 1.165) is 23.1 Å². The van der Waals surface area contributed by atoms with Gasteiger partial charge in [-0.2, -0.15) is 0 Å². The summed E-state index contributed by atoms with van der Waals surface area (Å²) >= 11 is 1.97. The highest BCUT2D eigenvalue weighted by Crippen LogP contribution is 2.36. The monoisotopic (exact) mass is 311 g/mol. The molecule has 0 saturated heterocycles. The Bertz CT molecular complexity index is 699. The third-order valence-corrected chi connectivity index (χ3v) is 4.53. The molecule has 0 atom stereocenters. The molecule has 0 aliphatic rings. The molecular formula is C11H9N3O4S2. The van der Waals surface area contributed by atoms with Crippen LogP contribution in [0.25, 0.3) is 0 Å². The number of nitro groups is 1. The molecule has 2 rings (SSSR count). The molecule has 9 heteroatoms. The van der Waals surface area contributed by atoms with Gasteiger partial charge < -0.3 is 5.11 Å². The van der Waals surface area contributed by atoms with Crippen molar-refractivity contribution >= 4 is 34.8 Å². The first-order valence-corrected chi connectivity index (χ1v) is 7.01. The van der Waals surface area contributed by atoms with Gasteiger partial charge >= 0.3 is 11.7 Å². The highest BCUT2D eigenvalue weighted by molar-refractivity contribution is 8.01. The van der Waals surface area contributed by atoms with Gasteiger partial charge in [0.15, 0.2) is 9.37 Å². The van der Waals surface area contributed by atoms with Crippen molar-refractivity contribution in [2.45, 2.75) is 23.2 Å². The lowest BCUT2D eigenvalue weighted by Gasteiger charge is -2.00. The SMILES string of the molecule is Cc1cnc(Sc2nc(C)c(C(=O)O)s2)c([N+](=O)[O-])c1. The van der Waals surface area contributed by atoms with Crippen LogP contribution in [0.5, 0.6) is 0 Å². The summed E-state index contributed by atoms with van der Waals surface area (Å²) in [4.78, 5) is 29.7. The summed E-state index contributed by atoms with van der Waals surface area (Å²) in [6, 6.07) is 1.42. The van der Waals surface area contributed by atoms with E-state index in [-0.39, 0.29) is 15.6 Å². The van der Waals surface area contributed by atoms with Crippen molar-refractivity contribution in [3.05, 3.63) is 38.5 Å². The summed E-state index contributed by atoms with van der Waals surface area (Å²) in [7, 11) is 0. The van der Waals surface area contributed by atoms with Gasteiger partial charge in [-0.1, -0.05) is 11.3 Å². The number of rotatable bonds is 4. The third-order valence-electron chi connectivity index (χ3n) is 2.32. The molecule has 0 aliphatic carbocycles. The first kappa shape index (κ1) is 14.4. The molecule has 0 fully saturated rings. The molecule has 2 aromatic heterocycles. The van der Waals surface area contributed by atoms with Crippen molar-refractivity contribution < 1.29 is 14.8 Å². The number of aromatic nitrogens is 2. The lowest BCUT2D eigenvalue weighted by Crippen LogP contribution is -1.94. The van der Waals surface area contributed by atoms with E-state index in [9.17, 15) is 14.9 Å². The van der Waals surface area contributed by atoms with Crippen molar-refractivity contribution in [3.8, 4) is 0 Å². The Balaban J connectivity index is 2.37. The fraction of sp³-hybridized carbons (Fsp3) is 0.182. The molecule has 2 heterocycles. The number of pyridine rings is 1. The summed E-state index contributed by atoms with van der Waals surface area (Å²) < 4.78 is 0.416. The maximum Gasteiger partial charge on any atom is 0.347 e. The van der Waals surface area contributed by atoms with Gasteiger partial charge in [0.1, 0.15) is 4.88 Å². The Labute approximate surface area is 121 Å². The molecule has 0 saturated carbocycles. The van der Waals surface area contributed by atoms with Crippen LogP contribution in [0.3, 0.4) is 0 Å². The van der Waals surface area contributed by atoms with Crippen LogP contribution in [0, 0.1) is 24.0 Å². The number of aromatic carboxylic acids is 1. The molecule has 0 amide bonds. The lowest BCUT2D eigenvalue weighted by molar-refractivity contribution is -0.388. The standard InChI is InChI=1S/C11H9N3O4S2/c1-5-3-7(14(17)18)9(12-4-5)20-11-13-6(2)8(19-11)10(15)16/h3-4H,1-2H3,(H,15,16). The van der Waals surface area contributed by atoms with Crippen molar-refractivity contribution in [1.82, 2.24) is 9.97 Å². The Morgan fingerprint density at radius 3 is 2.75 bits per heavy atom. The highest BCUT2D eigenvalue weighted by Gasteiger charge is 2.20. The Morgan fingerprint density at radius 1 is 1.50 bits per heavy atom. The van der Waals surface area contributed by atoms with Gasteiger partial charge in [0.25, 0.3) is 0 Å². The van der Waals surface area contributed by atoms with E-state index < -0.39 is 10.9 Å². The number of carboxylic acid groups (broad SMARTS) is 1. The normalized spacial score (nSPS) is 10.5. The maximum atomic E-state index is 11.0. The molecule has 0 spiro atoms. The highest BCUT2D eigenvalue weighted by atomic mass is 32.2. The summed E-state index contributed by atoms with van der Waals surface area (Å²) in [6.45, 7) is 3.30. The van der Waals surface area contributed by atoms with Gasteiger partial charge in [0, 0.05) is 12.3 Å². The van der Waals surface area contributed by atoms with E-state index in [2.05, 4.69) is 9.97 Å². The number of nitrogens with zero attached hydrogens (tertiary/aromatic N) is 3. The molecule has 2 aromatic rings. The second kappa shape index (κ2) is 5.55. The number of carboxylic acids is 1. The third kappa shape index (κ3) is 2.94. The molecule has 7 nitrogen and oxygen atoms in total. The number of hydrogen-bond donors (Lipinski definition) is 1. The largest absolute Gasteiger partial charge is 0.477 e. The summed E-state index contributed by atoms with van der Waals surface area (Å²) in [6.07, 6.45) is 1.52. The summed E-state index contributed by atoms with van der Waals surface area (Å²) in [5.41, 5.74) is 0.960. The minimum Gasteiger partial charge on any atom is -0.477 e. The topological polar surface area (TPSA) is 106 Å². The van der Waals surface area contributed by atoms with Gasteiger partial charge in [0.05, 0.1) is 10.6 Å². The molecule has 0 unspecified atom stereocenters. The fourth-order valence-electron chi connectivity index (χ4n) is 1.45. The fourth-order valence-corrected chi connectivity index (χ4v) is 3.43. The first-order valence-electron chi connectivity index (χ1n) is 5.38. The number of thiazole rings is 1. The van der Waals surface area contributed by atoms with Gasteiger partial charge in [-0.15, -0.1) is 0 Å². The molecule has 104 valence electrons. The quantitative estimate of drug-likeness (QED) is 0.683. The Kier molecular flexibility index (Phi) is 4.00. The van der Waals surface area contributed by atoms with Crippen LogP contribution < -0.4 is 0 Å². The van der Waals surface area contributed by atoms with E-state index >= 15 is 0 Å². The molecule has 0 aliphatic heterocycles. The molecule has 0 radical (unpaired) electrons. The molecule has 0 aromatic carbocycles. The number of aryl methyl sites for hydroxylation is 2. The average molecular weight is 311 g/mol. The van der Waals surface area contributed by atoms with E-state index in [4.69, 9.17) is 5.11 Å². The first-order chi connectivity index (χ1) is 9.38. The minimum atomic E-state index is -1.06.